The Bertz CT molecular complexity index is 701. The monoisotopic (exact) mass is 316 g/mol. The van der Waals surface area contributed by atoms with Crippen LogP contribution in [0.5, 0.6) is 5.75 Å². The van der Waals surface area contributed by atoms with Crippen molar-refractivity contribution >= 4 is 23.2 Å². The van der Waals surface area contributed by atoms with Crippen LogP contribution < -0.4 is 15.4 Å². The molecular weight excluding hydrogens is 299 g/mol. The van der Waals surface area contributed by atoms with Gasteiger partial charge in [0, 0.05) is 24.4 Å². The second kappa shape index (κ2) is 7.40. The van der Waals surface area contributed by atoms with E-state index in [1.54, 1.807) is 31.2 Å². The van der Waals surface area contributed by atoms with E-state index in [0.29, 0.717) is 17.1 Å². The fourth-order valence-corrected chi connectivity index (χ4v) is 1.89. The molecule has 0 fully saturated rings. The molecule has 2 amide bonds. The summed E-state index contributed by atoms with van der Waals surface area (Å²) in [6, 6.07) is 12.2. The number of carbonyl (C=O) groups is 2. The van der Waals surface area contributed by atoms with Gasteiger partial charge in [-0.2, -0.15) is 0 Å². The molecule has 6 heteroatoms. The quantitative estimate of drug-likeness (QED) is 0.890. The number of carbonyl (C=O) groups excluding carboxylic acids is 2. The van der Waals surface area contributed by atoms with E-state index >= 15 is 0 Å². The Morgan fingerprint density at radius 3 is 2.39 bits per heavy atom. The van der Waals surface area contributed by atoms with Crippen LogP contribution in [0.2, 0.25) is 0 Å². The molecule has 0 aliphatic carbocycles. The summed E-state index contributed by atoms with van der Waals surface area (Å²) in [6.45, 7) is 3.01. The zero-order valence-electron chi connectivity index (χ0n) is 12.8. The van der Waals surface area contributed by atoms with E-state index in [1.165, 1.54) is 31.2 Å². The van der Waals surface area contributed by atoms with Crippen molar-refractivity contribution in [2.24, 2.45) is 0 Å². The number of benzene rings is 2. The fraction of sp³-hybridized carbons (Fsp3) is 0.176. The first-order valence-electron chi connectivity index (χ1n) is 7.05. The lowest BCUT2D eigenvalue weighted by molar-refractivity contribution is -0.122. The van der Waals surface area contributed by atoms with Crippen LogP contribution in [0, 0.1) is 5.82 Å². The van der Waals surface area contributed by atoms with Gasteiger partial charge in [0.2, 0.25) is 5.91 Å². The second-order valence-corrected chi connectivity index (χ2v) is 4.97. The number of hydrogen-bond donors (Lipinski definition) is 2. The van der Waals surface area contributed by atoms with Crippen molar-refractivity contribution in [2.45, 2.75) is 20.0 Å². The molecule has 2 aromatic rings. The van der Waals surface area contributed by atoms with Gasteiger partial charge in [-0.05, 0) is 43.3 Å². The molecule has 0 unspecified atom stereocenters. The highest BCUT2D eigenvalue weighted by Crippen LogP contribution is 2.19. The molecule has 1 atom stereocenters. The van der Waals surface area contributed by atoms with Gasteiger partial charge < -0.3 is 15.4 Å². The highest BCUT2D eigenvalue weighted by atomic mass is 19.1. The summed E-state index contributed by atoms with van der Waals surface area (Å²) in [5.74, 6) is -0.467. The van der Waals surface area contributed by atoms with Crippen molar-refractivity contribution in [1.29, 1.82) is 0 Å². The molecule has 23 heavy (non-hydrogen) atoms. The molecule has 0 radical (unpaired) electrons. The Morgan fingerprint density at radius 2 is 1.74 bits per heavy atom. The first-order chi connectivity index (χ1) is 10.9. The Morgan fingerprint density at radius 1 is 1.04 bits per heavy atom. The van der Waals surface area contributed by atoms with Crippen LogP contribution in [0.25, 0.3) is 0 Å². The predicted molar refractivity (Wildman–Crippen MR) is 85.9 cm³/mol. The fourth-order valence-electron chi connectivity index (χ4n) is 1.89. The van der Waals surface area contributed by atoms with E-state index in [4.69, 9.17) is 4.74 Å². The Hall–Kier alpha value is -2.89. The van der Waals surface area contributed by atoms with E-state index in [9.17, 15) is 14.0 Å². The minimum atomic E-state index is -0.757. The van der Waals surface area contributed by atoms with Gasteiger partial charge in [0.05, 0.1) is 0 Å². The summed E-state index contributed by atoms with van der Waals surface area (Å²) in [7, 11) is 0. The van der Waals surface area contributed by atoms with Gasteiger partial charge in [-0.3, -0.25) is 9.59 Å². The first-order valence-corrected chi connectivity index (χ1v) is 7.05. The van der Waals surface area contributed by atoms with Crippen LogP contribution in [0.4, 0.5) is 15.8 Å². The van der Waals surface area contributed by atoms with E-state index in [2.05, 4.69) is 10.6 Å². The van der Waals surface area contributed by atoms with Crippen LogP contribution >= 0.6 is 0 Å². The lowest BCUT2D eigenvalue weighted by Crippen LogP contribution is -2.30. The molecule has 2 aromatic carbocycles. The maximum Gasteiger partial charge on any atom is 0.265 e. The van der Waals surface area contributed by atoms with Crippen molar-refractivity contribution in [3.63, 3.8) is 0 Å². The number of nitrogens with one attached hydrogen (secondary N) is 2. The van der Waals surface area contributed by atoms with Crippen LogP contribution in [-0.2, 0) is 9.59 Å². The van der Waals surface area contributed by atoms with Gasteiger partial charge in [0.15, 0.2) is 6.10 Å². The molecule has 0 aromatic heterocycles. The molecule has 120 valence electrons. The predicted octanol–water partition coefficient (Wildman–Crippen LogP) is 3.19. The lowest BCUT2D eigenvalue weighted by Gasteiger charge is -2.15. The normalized spacial score (nSPS) is 11.4. The first kappa shape index (κ1) is 16.5. The van der Waals surface area contributed by atoms with Gasteiger partial charge in [-0.1, -0.05) is 6.07 Å². The summed E-state index contributed by atoms with van der Waals surface area (Å²) in [4.78, 5) is 23.1. The maximum atomic E-state index is 12.8. The molecular formula is C17H17FN2O3. The standard InChI is InChI=1S/C17H17FN2O3/c1-11(17(22)20-14-8-6-13(18)7-9-14)23-16-5-3-4-15(10-16)19-12(2)21/h3-11H,1-2H3,(H,19,21)(H,20,22)/t11-/m0/s1. The Balaban J connectivity index is 1.97. The molecule has 5 nitrogen and oxygen atoms in total. The van der Waals surface area contributed by atoms with Gasteiger partial charge >= 0.3 is 0 Å². The van der Waals surface area contributed by atoms with Crippen molar-refractivity contribution < 1.29 is 18.7 Å². The SMILES string of the molecule is CC(=O)Nc1cccc(O[C@@H](C)C(=O)Nc2ccc(F)cc2)c1. The van der Waals surface area contributed by atoms with Crippen LogP contribution in [-0.4, -0.2) is 17.9 Å². The third kappa shape index (κ3) is 5.10. The number of anilines is 2. The summed E-state index contributed by atoms with van der Waals surface area (Å²) in [5.41, 5.74) is 1.07. The number of ether oxygens (including phenoxy) is 1. The molecule has 0 heterocycles. The third-order valence-electron chi connectivity index (χ3n) is 2.95. The summed E-state index contributed by atoms with van der Waals surface area (Å²) in [6.07, 6.45) is -0.757. The molecule has 0 aliphatic rings. The van der Waals surface area contributed by atoms with Crippen LogP contribution in [0.15, 0.2) is 48.5 Å². The molecule has 2 N–H and O–H groups in total. The number of hydrogen-bond acceptors (Lipinski definition) is 3. The zero-order chi connectivity index (χ0) is 16.8. The third-order valence-corrected chi connectivity index (χ3v) is 2.95. The highest BCUT2D eigenvalue weighted by molar-refractivity contribution is 5.94. The maximum absolute atomic E-state index is 12.8. The number of amides is 2. The molecule has 0 bridgehead atoms. The highest BCUT2D eigenvalue weighted by Gasteiger charge is 2.15. The molecule has 0 spiro atoms. The molecule has 0 saturated heterocycles. The lowest BCUT2D eigenvalue weighted by atomic mass is 10.2. The largest absolute Gasteiger partial charge is 0.481 e. The average Bonchev–Trinajstić information content (AvgIpc) is 2.49. The van der Waals surface area contributed by atoms with Crippen molar-refractivity contribution in [2.75, 3.05) is 10.6 Å². The summed E-state index contributed by atoms with van der Waals surface area (Å²) in [5, 5.41) is 5.27. The second-order valence-electron chi connectivity index (χ2n) is 4.97. The number of halogens is 1. The minimum absolute atomic E-state index is 0.191. The van der Waals surface area contributed by atoms with Crippen LogP contribution in [0.3, 0.4) is 0 Å². The van der Waals surface area contributed by atoms with E-state index in [-0.39, 0.29) is 17.6 Å². The van der Waals surface area contributed by atoms with Gasteiger partial charge in [-0.15, -0.1) is 0 Å². The molecule has 0 aliphatic heterocycles. The summed E-state index contributed by atoms with van der Waals surface area (Å²) >= 11 is 0. The Kier molecular flexibility index (Phi) is 5.30. The van der Waals surface area contributed by atoms with Gasteiger partial charge in [0.1, 0.15) is 11.6 Å². The molecule has 2 rings (SSSR count). The van der Waals surface area contributed by atoms with E-state index < -0.39 is 6.10 Å². The minimum Gasteiger partial charge on any atom is -0.481 e. The summed E-state index contributed by atoms with van der Waals surface area (Å²) < 4.78 is 18.4. The van der Waals surface area contributed by atoms with Gasteiger partial charge in [0.25, 0.3) is 5.91 Å². The van der Waals surface area contributed by atoms with E-state index in [0.717, 1.165) is 0 Å². The molecule has 0 saturated carbocycles. The van der Waals surface area contributed by atoms with Crippen molar-refractivity contribution in [1.82, 2.24) is 0 Å². The Labute approximate surface area is 133 Å². The average molecular weight is 316 g/mol. The number of rotatable bonds is 5. The topological polar surface area (TPSA) is 67.4 Å². The smallest absolute Gasteiger partial charge is 0.265 e. The van der Waals surface area contributed by atoms with E-state index in [1.807, 2.05) is 0 Å². The van der Waals surface area contributed by atoms with Crippen LogP contribution in [0.1, 0.15) is 13.8 Å². The zero-order valence-corrected chi connectivity index (χ0v) is 12.8. The van der Waals surface area contributed by atoms with Crippen molar-refractivity contribution in [3.8, 4) is 5.75 Å². The van der Waals surface area contributed by atoms with Gasteiger partial charge in [-0.25, -0.2) is 4.39 Å². The van der Waals surface area contributed by atoms with Crippen molar-refractivity contribution in [3.05, 3.63) is 54.3 Å².